The largest absolute Gasteiger partial charge is 0.490 e. The van der Waals surface area contributed by atoms with Gasteiger partial charge >= 0.3 is 0 Å². The van der Waals surface area contributed by atoms with Crippen molar-refractivity contribution in [2.24, 2.45) is 11.8 Å². The van der Waals surface area contributed by atoms with E-state index in [1.807, 2.05) is 7.05 Å². The summed E-state index contributed by atoms with van der Waals surface area (Å²) in [6.07, 6.45) is 6.37. The second kappa shape index (κ2) is 5.72. The molecule has 3 heteroatoms. The van der Waals surface area contributed by atoms with Gasteiger partial charge in [0.15, 0.2) is 0 Å². The fourth-order valence-electron chi connectivity index (χ4n) is 3.69. The van der Waals surface area contributed by atoms with Crippen LogP contribution in [-0.2, 0) is 0 Å². The van der Waals surface area contributed by atoms with Crippen LogP contribution in [0.4, 0.5) is 4.39 Å². The molecule has 2 aliphatic rings. The summed E-state index contributed by atoms with van der Waals surface area (Å²) < 4.78 is 19.6. The number of rotatable bonds is 2. The van der Waals surface area contributed by atoms with Crippen LogP contribution in [0.25, 0.3) is 0 Å². The van der Waals surface area contributed by atoms with Gasteiger partial charge in [-0.3, -0.25) is 0 Å². The molecule has 0 saturated heterocycles. The average Bonchev–Trinajstić information content (AvgIpc) is 2.47. The molecule has 1 aromatic carbocycles. The number of hydrogen-bond acceptors (Lipinski definition) is 2. The van der Waals surface area contributed by atoms with Crippen molar-refractivity contribution in [3.8, 4) is 5.75 Å². The number of ether oxygens (including phenoxy) is 1. The summed E-state index contributed by atoms with van der Waals surface area (Å²) in [6, 6.07) is 5.10. The molecule has 0 aromatic heterocycles. The van der Waals surface area contributed by atoms with E-state index in [0.29, 0.717) is 5.92 Å². The van der Waals surface area contributed by atoms with Gasteiger partial charge < -0.3 is 10.1 Å². The summed E-state index contributed by atoms with van der Waals surface area (Å²) in [5.74, 6) is 2.19. The van der Waals surface area contributed by atoms with Crippen molar-refractivity contribution in [1.82, 2.24) is 5.32 Å². The van der Waals surface area contributed by atoms with Gasteiger partial charge in [-0.05, 0) is 49.9 Å². The Bertz CT molecular complexity index is 468. The van der Waals surface area contributed by atoms with Gasteiger partial charge in [-0.2, -0.15) is 0 Å². The third kappa shape index (κ3) is 2.69. The highest BCUT2D eigenvalue weighted by Gasteiger charge is 2.34. The monoisotopic (exact) mass is 277 g/mol. The van der Waals surface area contributed by atoms with E-state index >= 15 is 0 Å². The first-order valence-electron chi connectivity index (χ1n) is 7.80. The first-order chi connectivity index (χ1) is 9.67. The normalized spacial score (nSPS) is 33.4. The third-order valence-corrected chi connectivity index (χ3v) is 5.03. The van der Waals surface area contributed by atoms with Gasteiger partial charge in [0.25, 0.3) is 0 Å². The summed E-state index contributed by atoms with van der Waals surface area (Å²) in [7, 11) is 1.95. The number of benzene rings is 1. The predicted octanol–water partition coefficient (Wildman–Crippen LogP) is 4.06. The minimum Gasteiger partial charge on any atom is -0.490 e. The molecule has 0 radical (unpaired) electrons. The Morgan fingerprint density at radius 3 is 2.65 bits per heavy atom. The zero-order valence-corrected chi connectivity index (χ0v) is 12.4. The fraction of sp³-hybridized carbons (Fsp3) is 0.647. The lowest BCUT2D eigenvalue weighted by molar-refractivity contribution is 0.0661. The van der Waals surface area contributed by atoms with Crippen molar-refractivity contribution in [1.29, 1.82) is 0 Å². The number of halogens is 1. The Labute approximate surface area is 120 Å². The molecule has 1 fully saturated rings. The highest BCUT2D eigenvalue weighted by molar-refractivity contribution is 5.38. The molecule has 2 atom stereocenters. The standard InChI is InChI=1S/C17H24FNO/c1-11-3-5-12(6-4-11)17-10-15(19-2)14-9-13(18)7-8-16(14)20-17/h7-9,11-12,15,17,19H,3-6,10H2,1-2H3. The van der Waals surface area contributed by atoms with Gasteiger partial charge in [0.05, 0.1) is 0 Å². The van der Waals surface area contributed by atoms with Crippen LogP contribution < -0.4 is 10.1 Å². The highest BCUT2D eigenvalue weighted by atomic mass is 19.1. The maximum absolute atomic E-state index is 13.4. The van der Waals surface area contributed by atoms with Crippen LogP contribution >= 0.6 is 0 Å². The van der Waals surface area contributed by atoms with Crippen molar-refractivity contribution in [2.75, 3.05) is 7.05 Å². The molecule has 1 aliphatic carbocycles. The maximum Gasteiger partial charge on any atom is 0.124 e. The summed E-state index contributed by atoms with van der Waals surface area (Å²) in [4.78, 5) is 0. The first-order valence-corrected chi connectivity index (χ1v) is 7.80. The van der Waals surface area contributed by atoms with E-state index in [4.69, 9.17) is 4.74 Å². The van der Waals surface area contributed by atoms with Crippen molar-refractivity contribution in [3.05, 3.63) is 29.6 Å². The first kappa shape index (κ1) is 13.9. The summed E-state index contributed by atoms with van der Waals surface area (Å²) in [6.45, 7) is 2.34. The van der Waals surface area contributed by atoms with E-state index in [0.717, 1.165) is 23.7 Å². The van der Waals surface area contributed by atoms with Crippen LogP contribution in [0.5, 0.6) is 5.75 Å². The molecule has 0 bridgehead atoms. The number of hydrogen-bond donors (Lipinski definition) is 1. The molecule has 1 heterocycles. The SMILES string of the molecule is CNC1CC(C2CCC(C)CC2)Oc2ccc(F)cc21. The van der Waals surface area contributed by atoms with Crippen LogP contribution in [0.15, 0.2) is 18.2 Å². The Morgan fingerprint density at radius 2 is 1.95 bits per heavy atom. The quantitative estimate of drug-likeness (QED) is 0.880. The van der Waals surface area contributed by atoms with E-state index in [9.17, 15) is 4.39 Å². The average molecular weight is 277 g/mol. The van der Waals surface area contributed by atoms with Crippen LogP contribution in [0, 0.1) is 17.7 Å². The van der Waals surface area contributed by atoms with E-state index in [1.54, 1.807) is 12.1 Å². The lowest BCUT2D eigenvalue weighted by atomic mass is 9.77. The molecule has 1 aliphatic heterocycles. The van der Waals surface area contributed by atoms with Gasteiger partial charge in [0.2, 0.25) is 0 Å². The van der Waals surface area contributed by atoms with Crippen molar-refractivity contribution in [2.45, 2.75) is 51.2 Å². The Kier molecular flexibility index (Phi) is 3.97. The molecule has 0 amide bonds. The second-order valence-corrected chi connectivity index (χ2v) is 6.44. The minimum absolute atomic E-state index is 0.183. The van der Waals surface area contributed by atoms with Gasteiger partial charge in [-0.15, -0.1) is 0 Å². The van der Waals surface area contributed by atoms with Crippen LogP contribution in [-0.4, -0.2) is 13.2 Å². The molecule has 20 heavy (non-hydrogen) atoms. The lowest BCUT2D eigenvalue weighted by Gasteiger charge is -2.38. The number of nitrogens with one attached hydrogen (secondary N) is 1. The molecule has 1 saturated carbocycles. The van der Waals surface area contributed by atoms with E-state index in [2.05, 4.69) is 12.2 Å². The van der Waals surface area contributed by atoms with Gasteiger partial charge in [-0.25, -0.2) is 4.39 Å². The van der Waals surface area contributed by atoms with Crippen molar-refractivity contribution in [3.63, 3.8) is 0 Å². The van der Waals surface area contributed by atoms with E-state index in [1.165, 1.54) is 31.7 Å². The van der Waals surface area contributed by atoms with Crippen LogP contribution in [0.1, 0.15) is 50.6 Å². The molecule has 1 aromatic rings. The summed E-state index contributed by atoms with van der Waals surface area (Å²) in [5.41, 5.74) is 0.966. The van der Waals surface area contributed by atoms with Crippen molar-refractivity contribution >= 4 is 0 Å². The fourth-order valence-corrected chi connectivity index (χ4v) is 3.69. The van der Waals surface area contributed by atoms with Gasteiger partial charge in [0, 0.05) is 18.0 Å². The molecule has 2 nitrogen and oxygen atoms in total. The Morgan fingerprint density at radius 1 is 1.20 bits per heavy atom. The maximum atomic E-state index is 13.4. The zero-order chi connectivity index (χ0) is 14.1. The smallest absolute Gasteiger partial charge is 0.124 e. The molecule has 3 rings (SSSR count). The summed E-state index contributed by atoms with van der Waals surface area (Å²) in [5, 5.41) is 3.32. The zero-order valence-electron chi connectivity index (χ0n) is 12.4. The molecule has 0 spiro atoms. The molecular formula is C17H24FNO. The molecule has 110 valence electrons. The summed E-state index contributed by atoms with van der Waals surface area (Å²) >= 11 is 0. The van der Waals surface area contributed by atoms with Crippen LogP contribution in [0.2, 0.25) is 0 Å². The van der Waals surface area contributed by atoms with Crippen LogP contribution in [0.3, 0.4) is 0 Å². The van der Waals surface area contributed by atoms with E-state index < -0.39 is 0 Å². The predicted molar refractivity (Wildman–Crippen MR) is 78.4 cm³/mol. The lowest BCUT2D eigenvalue weighted by Crippen LogP contribution is -2.37. The van der Waals surface area contributed by atoms with E-state index in [-0.39, 0.29) is 18.0 Å². The Hall–Kier alpha value is -1.09. The van der Waals surface area contributed by atoms with Gasteiger partial charge in [0.1, 0.15) is 17.7 Å². The van der Waals surface area contributed by atoms with Gasteiger partial charge in [-0.1, -0.05) is 19.8 Å². The highest BCUT2D eigenvalue weighted by Crippen LogP contribution is 2.41. The molecule has 2 unspecified atom stereocenters. The Balaban J connectivity index is 1.78. The molecule has 1 N–H and O–H groups in total. The number of fused-ring (bicyclic) bond motifs is 1. The van der Waals surface area contributed by atoms with Crippen molar-refractivity contribution < 1.29 is 9.13 Å². The molecular weight excluding hydrogens is 253 g/mol. The topological polar surface area (TPSA) is 21.3 Å². The minimum atomic E-state index is -0.183. The third-order valence-electron chi connectivity index (χ3n) is 5.03. The second-order valence-electron chi connectivity index (χ2n) is 6.44.